The van der Waals surface area contributed by atoms with Gasteiger partial charge < -0.3 is 5.11 Å². The summed E-state index contributed by atoms with van der Waals surface area (Å²) in [7, 11) is 0. The van der Waals surface area contributed by atoms with Crippen LogP contribution in [0.3, 0.4) is 0 Å². The summed E-state index contributed by atoms with van der Waals surface area (Å²) in [5, 5.41) is 9.43. The van der Waals surface area contributed by atoms with Crippen molar-refractivity contribution in [2.75, 3.05) is 0 Å². The van der Waals surface area contributed by atoms with E-state index in [0.717, 1.165) is 11.1 Å². The Balaban J connectivity index is 2.09. The molecule has 0 unspecified atom stereocenters. The Bertz CT molecular complexity index is 640. The smallest absolute Gasteiger partial charge is 0.336 e. The van der Waals surface area contributed by atoms with Crippen LogP contribution in [0.5, 0.6) is 0 Å². The van der Waals surface area contributed by atoms with E-state index in [1.807, 2.05) is 18.2 Å². The summed E-state index contributed by atoms with van der Waals surface area (Å²) < 4.78 is 0. The van der Waals surface area contributed by atoms with Crippen LogP contribution in [0.1, 0.15) is 53.9 Å². The summed E-state index contributed by atoms with van der Waals surface area (Å²) in [5.41, 5.74) is 3.63. The maximum absolute atomic E-state index is 11.5. The molecule has 108 valence electrons. The van der Waals surface area contributed by atoms with E-state index in [1.54, 1.807) is 12.1 Å². The number of aromatic carboxylic acids is 1. The molecule has 3 rings (SSSR count). The highest BCUT2D eigenvalue weighted by molar-refractivity contribution is 5.96. The fourth-order valence-electron chi connectivity index (χ4n) is 3.42. The van der Waals surface area contributed by atoms with Gasteiger partial charge in [0.25, 0.3) is 0 Å². The maximum Gasteiger partial charge on any atom is 0.336 e. The molecular weight excluding hydrogens is 260 g/mol. The van der Waals surface area contributed by atoms with E-state index in [4.69, 9.17) is 0 Å². The molecule has 1 aliphatic rings. The zero-order valence-electron chi connectivity index (χ0n) is 12.1. The van der Waals surface area contributed by atoms with Gasteiger partial charge in [0, 0.05) is 0 Å². The SMILES string of the molecule is O=C(O)c1ccccc1-c1ccccc1C1CCCCC1. The molecule has 2 aromatic rings. The molecule has 21 heavy (non-hydrogen) atoms. The van der Waals surface area contributed by atoms with Gasteiger partial charge in [-0.1, -0.05) is 61.7 Å². The Labute approximate surface area is 125 Å². The Morgan fingerprint density at radius 2 is 1.48 bits per heavy atom. The first kappa shape index (κ1) is 13.9. The van der Waals surface area contributed by atoms with Crippen LogP contribution in [0.15, 0.2) is 48.5 Å². The van der Waals surface area contributed by atoms with Gasteiger partial charge >= 0.3 is 5.97 Å². The first-order chi connectivity index (χ1) is 10.3. The van der Waals surface area contributed by atoms with Crippen LogP contribution in [0.25, 0.3) is 11.1 Å². The molecule has 1 aliphatic carbocycles. The molecule has 0 atom stereocenters. The Hall–Kier alpha value is -2.09. The molecule has 0 heterocycles. The fourth-order valence-corrected chi connectivity index (χ4v) is 3.42. The summed E-state index contributed by atoms with van der Waals surface area (Å²) >= 11 is 0. The molecule has 0 amide bonds. The van der Waals surface area contributed by atoms with Crippen molar-refractivity contribution >= 4 is 5.97 Å². The van der Waals surface area contributed by atoms with Gasteiger partial charge in [0.05, 0.1) is 5.56 Å². The predicted molar refractivity (Wildman–Crippen MR) is 84.7 cm³/mol. The number of carboxylic acid groups (broad SMARTS) is 1. The minimum Gasteiger partial charge on any atom is -0.478 e. The summed E-state index contributed by atoms with van der Waals surface area (Å²) in [6, 6.07) is 15.6. The van der Waals surface area contributed by atoms with Crippen LogP contribution in [-0.4, -0.2) is 11.1 Å². The van der Waals surface area contributed by atoms with Gasteiger partial charge in [-0.05, 0) is 41.5 Å². The summed E-state index contributed by atoms with van der Waals surface area (Å²) in [4.78, 5) is 11.5. The van der Waals surface area contributed by atoms with Crippen LogP contribution >= 0.6 is 0 Å². The van der Waals surface area contributed by atoms with Crippen molar-refractivity contribution in [2.24, 2.45) is 0 Å². The lowest BCUT2D eigenvalue weighted by Crippen LogP contribution is -2.07. The lowest BCUT2D eigenvalue weighted by atomic mass is 9.80. The van der Waals surface area contributed by atoms with E-state index < -0.39 is 5.97 Å². The molecule has 0 aliphatic heterocycles. The third kappa shape index (κ3) is 2.85. The predicted octanol–water partition coefficient (Wildman–Crippen LogP) is 5.10. The third-order valence-electron chi connectivity index (χ3n) is 4.45. The van der Waals surface area contributed by atoms with E-state index >= 15 is 0 Å². The van der Waals surface area contributed by atoms with E-state index in [9.17, 15) is 9.90 Å². The normalized spacial score (nSPS) is 15.8. The third-order valence-corrected chi connectivity index (χ3v) is 4.45. The first-order valence-corrected chi connectivity index (χ1v) is 7.69. The van der Waals surface area contributed by atoms with Gasteiger partial charge in [0.2, 0.25) is 0 Å². The second-order valence-electron chi connectivity index (χ2n) is 5.77. The number of benzene rings is 2. The highest BCUT2D eigenvalue weighted by Gasteiger charge is 2.20. The quantitative estimate of drug-likeness (QED) is 0.849. The Morgan fingerprint density at radius 3 is 2.19 bits per heavy atom. The number of rotatable bonds is 3. The highest BCUT2D eigenvalue weighted by Crippen LogP contribution is 2.38. The van der Waals surface area contributed by atoms with Gasteiger partial charge in [-0.2, -0.15) is 0 Å². The molecular formula is C19H20O2. The van der Waals surface area contributed by atoms with E-state index in [2.05, 4.69) is 18.2 Å². The van der Waals surface area contributed by atoms with Crippen molar-refractivity contribution in [1.29, 1.82) is 0 Å². The molecule has 0 saturated heterocycles. The molecule has 1 fully saturated rings. The van der Waals surface area contributed by atoms with Gasteiger partial charge in [0.15, 0.2) is 0 Å². The van der Waals surface area contributed by atoms with Gasteiger partial charge in [-0.3, -0.25) is 0 Å². The van der Waals surface area contributed by atoms with E-state index in [1.165, 1.54) is 37.7 Å². The second-order valence-corrected chi connectivity index (χ2v) is 5.77. The second kappa shape index (κ2) is 6.13. The lowest BCUT2D eigenvalue weighted by Gasteiger charge is -2.24. The van der Waals surface area contributed by atoms with Crippen molar-refractivity contribution in [3.63, 3.8) is 0 Å². The van der Waals surface area contributed by atoms with Gasteiger partial charge in [-0.15, -0.1) is 0 Å². The molecule has 0 spiro atoms. The lowest BCUT2D eigenvalue weighted by molar-refractivity contribution is 0.0697. The molecule has 1 saturated carbocycles. The minimum absolute atomic E-state index is 0.390. The molecule has 2 aromatic carbocycles. The number of hydrogen-bond donors (Lipinski definition) is 1. The molecule has 2 heteroatoms. The van der Waals surface area contributed by atoms with Crippen LogP contribution < -0.4 is 0 Å². The summed E-state index contributed by atoms with van der Waals surface area (Å²) in [6.45, 7) is 0. The van der Waals surface area contributed by atoms with Crippen molar-refractivity contribution in [2.45, 2.75) is 38.0 Å². The average molecular weight is 280 g/mol. The van der Waals surface area contributed by atoms with Crippen LogP contribution in [0, 0.1) is 0 Å². The van der Waals surface area contributed by atoms with E-state index in [-0.39, 0.29) is 0 Å². The van der Waals surface area contributed by atoms with Gasteiger partial charge in [0.1, 0.15) is 0 Å². The largest absolute Gasteiger partial charge is 0.478 e. The zero-order chi connectivity index (χ0) is 14.7. The number of hydrogen-bond acceptors (Lipinski definition) is 1. The Morgan fingerprint density at radius 1 is 0.857 bits per heavy atom. The average Bonchev–Trinajstić information content (AvgIpc) is 2.55. The van der Waals surface area contributed by atoms with Crippen LogP contribution in [-0.2, 0) is 0 Å². The van der Waals surface area contributed by atoms with Crippen molar-refractivity contribution in [1.82, 2.24) is 0 Å². The van der Waals surface area contributed by atoms with Crippen LogP contribution in [0.4, 0.5) is 0 Å². The first-order valence-electron chi connectivity index (χ1n) is 7.69. The highest BCUT2D eigenvalue weighted by atomic mass is 16.4. The fraction of sp³-hybridized carbons (Fsp3) is 0.316. The maximum atomic E-state index is 11.5. The number of carboxylic acids is 1. The van der Waals surface area contributed by atoms with Gasteiger partial charge in [-0.25, -0.2) is 4.79 Å². The molecule has 2 nitrogen and oxygen atoms in total. The summed E-state index contributed by atoms with van der Waals surface area (Å²) in [5.74, 6) is -0.291. The minimum atomic E-state index is -0.857. The van der Waals surface area contributed by atoms with Crippen molar-refractivity contribution < 1.29 is 9.90 Å². The zero-order valence-corrected chi connectivity index (χ0v) is 12.1. The standard InChI is InChI=1S/C19H20O2/c20-19(21)18-13-7-6-12-17(18)16-11-5-4-10-15(16)14-8-2-1-3-9-14/h4-7,10-14H,1-3,8-9H2,(H,20,21). The summed E-state index contributed by atoms with van der Waals surface area (Å²) in [6.07, 6.45) is 6.31. The van der Waals surface area contributed by atoms with Crippen molar-refractivity contribution in [3.8, 4) is 11.1 Å². The van der Waals surface area contributed by atoms with Crippen LogP contribution in [0.2, 0.25) is 0 Å². The molecule has 0 radical (unpaired) electrons. The molecule has 1 N–H and O–H groups in total. The monoisotopic (exact) mass is 280 g/mol. The van der Waals surface area contributed by atoms with E-state index in [0.29, 0.717) is 11.5 Å². The number of carbonyl (C=O) groups is 1. The van der Waals surface area contributed by atoms with Crippen molar-refractivity contribution in [3.05, 3.63) is 59.7 Å². The Kier molecular flexibility index (Phi) is 4.05. The topological polar surface area (TPSA) is 37.3 Å². The molecule has 0 bridgehead atoms. The molecule has 0 aromatic heterocycles.